The Balaban J connectivity index is 1.23. The number of anilines is 1. The second-order valence-electron chi connectivity index (χ2n) is 10.1. The summed E-state index contributed by atoms with van der Waals surface area (Å²) < 4.78 is 27.5. The molecule has 11 nitrogen and oxygen atoms in total. The molecule has 0 amide bonds. The highest BCUT2D eigenvalue weighted by Gasteiger charge is 2.15. The van der Waals surface area contributed by atoms with E-state index in [-0.39, 0.29) is 12.6 Å². The molecule has 0 aliphatic rings. The summed E-state index contributed by atoms with van der Waals surface area (Å²) in [4.78, 5) is 14.7. The monoisotopic (exact) mass is 647 g/mol. The topological polar surface area (TPSA) is 139 Å². The van der Waals surface area contributed by atoms with E-state index in [9.17, 15) is 15.3 Å². The van der Waals surface area contributed by atoms with Crippen LogP contribution in [0.15, 0.2) is 52.7 Å². The van der Waals surface area contributed by atoms with Crippen LogP contribution in [0.4, 0.5) is 16.4 Å². The summed E-state index contributed by atoms with van der Waals surface area (Å²) in [5.74, 6) is -0.345. The van der Waals surface area contributed by atoms with Gasteiger partial charge in [-0.3, -0.25) is 0 Å². The molecule has 3 rings (SSSR count). The number of esters is 1. The van der Waals surface area contributed by atoms with Gasteiger partial charge >= 0.3 is 5.97 Å². The molecular weight excluding hydrogens is 606 g/mol. The molecule has 46 heavy (non-hydrogen) atoms. The van der Waals surface area contributed by atoms with Crippen molar-refractivity contribution >= 4 is 33.7 Å². The fourth-order valence-corrected chi connectivity index (χ4v) is 5.21. The van der Waals surface area contributed by atoms with Crippen LogP contribution >= 0.6 is 11.3 Å². The number of carbonyl (C=O) groups excluding carboxylic acids is 1. The molecule has 0 radical (unpaired) electrons. The Labute approximate surface area is 274 Å². The van der Waals surface area contributed by atoms with Crippen molar-refractivity contribution in [2.75, 3.05) is 77.5 Å². The van der Waals surface area contributed by atoms with Gasteiger partial charge in [0.2, 0.25) is 0 Å². The predicted octanol–water partition coefficient (Wildman–Crippen LogP) is 6.58. The van der Waals surface area contributed by atoms with Gasteiger partial charge in [-0.1, -0.05) is 18.2 Å². The standard InChI is InChI=1S/C34H41N5O6S/c1-5-39(28-10-11-31(26(3)22-28)37-38-33-30(23-35)27(4)32(24-36)46-33)12-13-41-14-15-42-16-17-43-18-19-44-20-21-45-34(40)29-9-7-6-8-25(29)2/h6-11,22H,5,12-21H2,1-4H3/b38-37+. The van der Waals surface area contributed by atoms with Crippen LogP contribution in [-0.2, 0) is 23.7 Å². The Morgan fingerprint density at radius 3 is 2.02 bits per heavy atom. The number of rotatable bonds is 20. The van der Waals surface area contributed by atoms with E-state index in [4.69, 9.17) is 23.7 Å². The minimum absolute atomic E-state index is 0.193. The smallest absolute Gasteiger partial charge is 0.338 e. The third-order valence-electron chi connectivity index (χ3n) is 6.96. The van der Waals surface area contributed by atoms with Crippen molar-refractivity contribution in [2.45, 2.75) is 27.7 Å². The molecule has 244 valence electrons. The SMILES string of the molecule is CCN(CCOCCOCCOCCOCCOC(=O)c1ccccc1C)c1ccc(/N=N/c2sc(C#N)c(C)c2C#N)c(C)c1. The average Bonchev–Trinajstić information content (AvgIpc) is 3.37. The normalized spacial score (nSPS) is 11.0. The highest BCUT2D eigenvalue weighted by Crippen LogP contribution is 2.36. The number of azo groups is 1. The number of ether oxygens (including phenoxy) is 5. The third kappa shape index (κ3) is 11.3. The van der Waals surface area contributed by atoms with Crippen LogP contribution in [-0.4, -0.2) is 78.5 Å². The van der Waals surface area contributed by atoms with Gasteiger partial charge in [0.05, 0.1) is 69.7 Å². The van der Waals surface area contributed by atoms with Gasteiger partial charge in [0, 0.05) is 18.8 Å². The van der Waals surface area contributed by atoms with Crippen LogP contribution in [0.2, 0.25) is 0 Å². The van der Waals surface area contributed by atoms with Gasteiger partial charge in [-0.2, -0.15) is 10.5 Å². The molecular formula is C34H41N5O6S. The van der Waals surface area contributed by atoms with Crippen LogP contribution in [0.3, 0.4) is 0 Å². The second-order valence-corrected chi connectivity index (χ2v) is 11.1. The van der Waals surface area contributed by atoms with E-state index in [1.807, 2.05) is 44.2 Å². The zero-order valence-electron chi connectivity index (χ0n) is 26.9. The molecule has 0 saturated heterocycles. The van der Waals surface area contributed by atoms with Gasteiger partial charge in [-0.15, -0.1) is 21.6 Å². The summed E-state index contributed by atoms with van der Waals surface area (Å²) in [6, 6.07) is 17.5. The molecule has 2 aromatic carbocycles. The number of aryl methyl sites for hydroxylation is 2. The lowest BCUT2D eigenvalue weighted by atomic mass is 10.1. The Bertz CT molecular complexity index is 1530. The molecule has 0 bridgehead atoms. The molecule has 0 aliphatic carbocycles. The maximum atomic E-state index is 12.0. The number of hydrogen-bond donors (Lipinski definition) is 0. The number of hydrogen-bond acceptors (Lipinski definition) is 12. The van der Waals surface area contributed by atoms with Gasteiger partial charge < -0.3 is 28.6 Å². The van der Waals surface area contributed by atoms with Crippen molar-refractivity contribution in [2.24, 2.45) is 10.2 Å². The van der Waals surface area contributed by atoms with Crippen molar-refractivity contribution in [3.63, 3.8) is 0 Å². The summed E-state index contributed by atoms with van der Waals surface area (Å²) in [6.45, 7) is 13.0. The average molecular weight is 648 g/mol. The zero-order valence-corrected chi connectivity index (χ0v) is 27.7. The van der Waals surface area contributed by atoms with Crippen LogP contribution in [0.5, 0.6) is 0 Å². The number of likely N-dealkylation sites (N-methyl/N-ethyl adjacent to an activating group) is 1. The molecule has 0 unspecified atom stereocenters. The Kier molecular flexibility index (Phi) is 15.8. The highest BCUT2D eigenvalue weighted by atomic mass is 32.1. The van der Waals surface area contributed by atoms with Crippen LogP contribution in [0.25, 0.3) is 0 Å². The summed E-state index contributed by atoms with van der Waals surface area (Å²) in [6.07, 6.45) is 0. The van der Waals surface area contributed by atoms with Gasteiger partial charge in [0.25, 0.3) is 0 Å². The quantitative estimate of drug-likeness (QED) is 0.0756. The predicted molar refractivity (Wildman–Crippen MR) is 176 cm³/mol. The van der Waals surface area contributed by atoms with Crippen LogP contribution < -0.4 is 4.90 Å². The first-order valence-corrected chi connectivity index (χ1v) is 16.0. The van der Waals surface area contributed by atoms with E-state index in [2.05, 4.69) is 40.3 Å². The molecule has 1 aromatic heterocycles. The fourth-order valence-electron chi connectivity index (χ4n) is 4.33. The molecule has 0 N–H and O–H groups in total. The molecule has 3 aromatic rings. The summed E-state index contributed by atoms with van der Waals surface area (Å²) in [7, 11) is 0. The minimum Gasteiger partial charge on any atom is -0.460 e. The number of nitriles is 2. The summed E-state index contributed by atoms with van der Waals surface area (Å²) >= 11 is 1.17. The zero-order chi connectivity index (χ0) is 33.1. The van der Waals surface area contributed by atoms with E-state index in [0.29, 0.717) is 85.1 Å². The minimum atomic E-state index is -0.345. The molecule has 1 heterocycles. The first-order valence-electron chi connectivity index (χ1n) is 15.1. The van der Waals surface area contributed by atoms with Gasteiger partial charge in [-0.05, 0) is 68.7 Å². The van der Waals surface area contributed by atoms with Crippen molar-refractivity contribution in [1.29, 1.82) is 10.5 Å². The highest BCUT2D eigenvalue weighted by molar-refractivity contribution is 7.16. The number of thiophene rings is 1. The molecule has 12 heteroatoms. The largest absolute Gasteiger partial charge is 0.460 e. The fraction of sp³-hybridized carbons (Fsp3) is 0.441. The number of nitrogens with zero attached hydrogens (tertiary/aromatic N) is 5. The third-order valence-corrected chi connectivity index (χ3v) is 8.05. The Hall–Kier alpha value is -4.17. The van der Waals surface area contributed by atoms with Crippen LogP contribution in [0.1, 0.15) is 44.4 Å². The molecule has 0 spiro atoms. The maximum Gasteiger partial charge on any atom is 0.338 e. The lowest BCUT2D eigenvalue weighted by Gasteiger charge is -2.23. The summed E-state index contributed by atoms with van der Waals surface area (Å²) in [5, 5.41) is 27.7. The van der Waals surface area contributed by atoms with E-state index in [0.717, 1.165) is 29.9 Å². The van der Waals surface area contributed by atoms with Gasteiger partial charge in [-0.25, -0.2) is 4.79 Å². The lowest BCUT2D eigenvalue weighted by molar-refractivity contribution is -0.00846. The number of benzene rings is 2. The molecule has 0 aliphatic heterocycles. The lowest BCUT2D eigenvalue weighted by Crippen LogP contribution is -2.27. The van der Waals surface area contributed by atoms with E-state index >= 15 is 0 Å². The molecule has 0 fully saturated rings. The Morgan fingerprint density at radius 2 is 1.43 bits per heavy atom. The van der Waals surface area contributed by atoms with E-state index in [1.54, 1.807) is 13.0 Å². The Morgan fingerprint density at radius 1 is 0.804 bits per heavy atom. The van der Waals surface area contributed by atoms with Crippen LogP contribution in [0, 0.1) is 43.4 Å². The second kappa shape index (κ2) is 20.1. The molecule has 0 atom stereocenters. The van der Waals surface area contributed by atoms with Crippen molar-refractivity contribution < 1.29 is 28.5 Å². The van der Waals surface area contributed by atoms with E-state index in [1.165, 1.54) is 11.3 Å². The summed E-state index contributed by atoms with van der Waals surface area (Å²) in [5.41, 5.74) is 5.20. The maximum absolute atomic E-state index is 12.0. The molecule has 0 saturated carbocycles. The van der Waals surface area contributed by atoms with Crippen molar-refractivity contribution in [1.82, 2.24) is 0 Å². The van der Waals surface area contributed by atoms with E-state index < -0.39 is 0 Å². The van der Waals surface area contributed by atoms with Gasteiger partial charge in [0.1, 0.15) is 23.6 Å². The number of carbonyl (C=O) groups is 1. The van der Waals surface area contributed by atoms with Gasteiger partial charge in [0.15, 0.2) is 5.00 Å². The first-order chi connectivity index (χ1) is 22.4. The van der Waals surface area contributed by atoms with Crippen molar-refractivity contribution in [3.05, 3.63) is 75.2 Å². The first kappa shape index (κ1) is 36.3. The van der Waals surface area contributed by atoms with Crippen molar-refractivity contribution in [3.8, 4) is 12.1 Å².